The Morgan fingerprint density at radius 1 is 1.53 bits per heavy atom. The Kier molecular flexibility index (Phi) is 2.50. The summed E-state index contributed by atoms with van der Waals surface area (Å²) in [5.74, 6) is -0.343. The lowest BCUT2D eigenvalue weighted by Gasteiger charge is -2.18. The van der Waals surface area contributed by atoms with Gasteiger partial charge in [0.05, 0.1) is 6.42 Å². The van der Waals surface area contributed by atoms with Gasteiger partial charge in [0, 0.05) is 11.5 Å². The average molecular weight is 210 g/mol. The van der Waals surface area contributed by atoms with E-state index in [-0.39, 0.29) is 24.1 Å². The smallest absolute Gasteiger partial charge is 0.333 e. The first-order chi connectivity index (χ1) is 7.08. The average Bonchev–Trinajstić information content (AvgIpc) is 2.66. The molecule has 0 N–H and O–H groups in total. The molecule has 3 unspecified atom stereocenters. The fraction of sp³-hybridized carbons (Fsp3) is 0.636. The number of fused-ring (bicyclic) bond motifs is 1. The first-order valence-corrected chi connectivity index (χ1v) is 5.14. The van der Waals surface area contributed by atoms with Crippen molar-refractivity contribution in [2.75, 3.05) is 0 Å². The molecule has 2 aliphatic rings. The molecule has 0 radical (unpaired) electrons. The Labute approximate surface area is 88.2 Å². The highest BCUT2D eigenvalue weighted by Gasteiger charge is 2.46. The van der Waals surface area contributed by atoms with Gasteiger partial charge < -0.3 is 9.47 Å². The van der Waals surface area contributed by atoms with Gasteiger partial charge in [-0.1, -0.05) is 6.58 Å². The summed E-state index contributed by atoms with van der Waals surface area (Å²) in [5, 5.41) is 0. The Morgan fingerprint density at radius 3 is 2.93 bits per heavy atom. The van der Waals surface area contributed by atoms with Gasteiger partial charge in [-0.15, -0.1) is 0 Å². The Balaban J connectivity index is 1.97. The molecule has 1 saturated carbocycles. The fourth-order valence-corrected chi connectivity index (χ4v) is 2.18. The van der Waals surface area contributed by atoms with E-state index in [1.807, 2.05) is 0 Å². The molecule has 4 nitrogen and oxygen atoms in total. The Hall–Kier alpha value is -1.32. The van der Waals surface area contributed by atoms with E-state index >= 15 is 0 Å². The van der Waals surface area contributed by atoms with Gasteiger partial charge in [-0.25, -0.2) is 4.79 Å². The molecule has 0 aromatic heterocycles. The molecule has 1 saturated heterocycles. The maximum atomic E-state index is 11.3. The second kappa shape index (κ2) is 3.68. The van der Waals surface area contributed by atoms with Gasteiger partial charge in [-0.3, -0.25) is 4.79 Å². The zero-order chi connectivity index (χ0) is 11.0. The van der Waals surface area contributed by atoms with Crippen LogP contribution in [0.3, 0.4) is 0 Å². The standard InChI is InChI=1S/C11H14O4/c1-6(2)11(13)14-8-4-3-7-5-9(12)15-10(7)8/h7-8,10H,1,3-5H2,2H3. The maximum absolute atomic E-state index is 11.3. The van der Waals surface area contributed by atoms with E-state index < -0.39 is 5.97 Å². The van der Waals surface area contributed by atoms with Crippen molar-refractivity contribution in [1.82, 2.24) is 0 Å². The van der Waals surface area contributed by atoms with Gasteiger partial charge in [0.25, 0.3) is 0 Å². The number of carbonyl (C=O) groups excluding carboxylic acids is 2. The molecule has 1 aliphatic heterocycles. The van der Waals surface area contributed by atoms with E-state index in [1.165, 1.54) is 0 Å². The molecule has 0 aromatic carbocycles. The Bertz CT molecular complexity index is 321. The van der Waals surface area contributed by atoms with Crippen LogP contribution in [0.25, 0.3) is 0 Å². The molecular weight excluding hydrogens is 196 g/mol. The molecule has 0 amide bonds. The first kappa shape index (κ1) is 10.2. The minimum Gasteiger partial charge on any atom is -0.458 e. The molecule has 3 atom stereocenters. The van der Waals surface area contributed by atoms with Crippen LogP contribution in [0.15, 0.2) is 12.2 Å². The molecule has 4 heteroatoms. The topological polar surface area (TPSA) is 52.6 Å². The van der Waals surface area contributed by atoms with Crippen LogP contribution in [0.2, 0.25) is 0 Å². The van der Waals surface area contributed by atoms with Crippen LogP contribution >= 0.6 is 0 Å². The minimum atomic E-state index is -0.399. The van der Waals surface area contributed by atoms with Crippen LogP contribution in [-0.4, -0.2) is 24.1 Å². The van der Waals surface area contributed by atoms with Crippen molar-refractivity contribution in [3.63, 3.8) is 0 Å². The predicted octanol–water partition coefficient (Wildman–Crippen LogP) is 1.20. The lowest BCUT2D eigenvalue weighted by molar-refractivity contribution is -0.157. The van der Waals surface area contributed by atoms with Crippen LogP contribution < -0.4 is 0 Å². The zero-order valence-corrected chi connectivity index (χ0v) is 8.69. The summed E-state index contributed by atoms with van der Waals surface area (Å²) in [7, 11) is 0. The van der Waals surface area contributed by atoms with Crippen LogP contribution in [-0.2, 0) is 19.1 Å². The van der Waals surface area contributed by atoms with Gasteiger partial charge >= 0.3 is 11.9 Å². The molecule has 2 fully saturated rings. The molecule has 1 aliphatic carbocycles. The zero-order valence-electron chi connectivity index (χ0n) is 8.69. The lowest BCUT2D eigenvalue weighted by atomic mass is 10.1. The highest BCUT2D eigenvalue weighted by Crippen LogP contribution is 2.38. The first-order valence-electron chi connectivity index (χ1n) is 5.14. The third-order valence-corrected chi connectivity index (χ3v) is 2.96. The van der Waals surface area contributed by atoms with Crippen LogP contribution in [0.4, 0.5) is 0 Å². The minimum absolute atomic E-state index is 0.180. The predicted molar refractivity (Wildman–Crippen MR) is 51.9 cm³/mol. The largest absolute Gasteiger partial charge is 0.458 e. The molecule has 0 bridgehead atoms. The fourth-order valence-electron chi connectivity index (χ4n) is 2.18. The van der Waals surface area contributed by atoms with E-state index in [4.69, 9.17) is 9.47 Å². The molecule has 1 heterocycles. The summed E-state index contributed by atoms with van der Waals surface area (Å²) in [6.07, 6.45) is 1.64. The number of hydrogen-bond donors (Lipinski definition) is 0. The summed E-state index contributed by atoms with van der Waals surface area (Å²) in [5.41, 5.74) is 0.378. The summed E-state index contributed by atoms with van der Waals surface area (Å²) in [6, 6.07) is 0. The summed E-state index contributed by atoms with van der Waals surface area (Å²) >= 11 is 0. The highest BCUT2D eigenvalue weighted by atomic mass is 16.6. The summed E-state index contributed by atoms with van der Waals surface area (Å²) in [6.45, 7) is 5.12. The third-order valence-electron chi connectivity index (χ3n) is 2.96. The molecule has 0 spiro atoms. The van der Waals surface area contributed by atoms with Crippen LogP contribution in [0.5, 0.6) is 0 Å². The quantitative estimate of drug-likeness (QED) is 0.507. The second-order valence-corrected chi connectivity index (χ2v) is 4.22. The van der Waals surface area contributed by atoms with Gasteiger partial charge in [0.1, 0.15) is 12.2 Å². The normalized spacial score (nSPS) is 33.4. The van der Waals surface area contributed by atoms with E-state index in [2.05, 4.69) is 6.58 Å². The summed E-state index contributed by atoms with van der Waals surface area (Å²) in [4.78, 5) is 22.3. The van der Waals surface area contributed by atoms with Crippen molar-refractivity contribution in [2.45, 2.75) is 38.4 Å². The van der Waals surface area contributed by atoms with Crippen molar-refractivity contribution in [1.29, 1.82) is 0 Å². The van der Waals surface area contributed by atoms with Crippen molar-refractivity contribution in [3.8, 4) is 0 Å². The van der Waals surface area contributed by atoms with E-state index in [1.54, 1.807) is 6.92 Å². The van der Waals surface area contributed by atoms with Crippen molar-refractivity contribution < 1.29 is 19.1 Å². The van der Waals surface area contributed by atoms with E-state index in [0.717, 1.165) is 12.8 Å². The number of carbonyl (C=O) groups is 2. The SMILES string of the molecule is C=C(C)C(=O)OC1CCC2CC(=O)OC21. The van der Waals surface area contributed by atoms with E-state index in [9.17, 15) is 9.59 Å². The van der Waals surface area contributed by atoms with Gasteiger partial charge in [-0.05, 0) is 19.8 Å². The number of ether oxygens (including phenoxy) is 2. The van der Waals surface area contributed by atoms with Crippen molar-refractivity contribution in [2.24, 2.45) is 5.92 Å². The number of esters is 2. The molecular formula is C11H14O4. The summed E-state index contributed by atoms with van der Waals surface area (Å²) < 4.78 is 10.4. The van der Waals surface area contributed by atoms with Crippen LogP contribution in [0, 0.1) is 5.92 Å². The number of rotatable bonds is 2. The second-order valence-electron chi connectivity index (χ2n) is 4.22. The molecule has 2 rings (SSSR count). The van der Waals surface area contributed by atoms with Gasteiger partial charge in [-0.2, -0.15) is 0 Å². The van der Waals surface area contributed by atoms with Crippen molar-refractivity contribution >= 4 is 11.9 Å². The molecule has 15 heavy (non-hydrogen) atoms. The molecule has 82 valence electrons. The maximum Gasteiger partial charge on any atom is 0.333 e. The van der Waals surface area contributed by atoms with Gasteiger partial charge in [0.15, 0.2) is 0 Å². The van der Waals surface area contributed by atoms with E-state index in [0.29, 0.717) is 12.0 Å². The molecule has 0 aromatic rings. The lowest BCUT2D eigenvalue weighted by Crippen LogP contribution is -2.29. The number of hydrogen-bond acceptors (Lipinski definition) is 4. The monoisotopic (exact) mass is 210 g/mol. The third kappa shape index (κ3) is 1.89. The van der Waals surface area contributed by atoms with Crippen LogP contribution in [0.1, 0.15) is 26.2 Å². The highest BCUT2D eigenvalue weighted by molar-refractivity contribution is 5.87. The van der Waals surface area contributed by atoms with Crippen molar-refractivity contribution in [3.05, 3.63) is 12.2 Å². The Morgan fingerprint density at radius 2 is 2.27 bits per heavy atom. The van der Waals surface area contributed by atoms with Gasteiger partial charge in [0.2, 0.25) is 0 Å².